The van der Waals surface area contributed by atoms with Crippen LogP contribution in [0.5, 0.6) is 0 Å². The second-order valence-electron chi connectivity index (χ2n) is 6.92. The Morgan fingerprint density at radius 1 is 1.42 bits per heavy atom. The van der Waals surface area contributed by atoms with Crippen molar-refractivity contribution in [2.45, 2.75) is 38.3 Å². The molecule has 0 aromatic carbocycles. The molecule has 0 saturated carbocycles. The van der Waals surface area contributed by atoms with Crippen molar-refractivity contribution in [2.75, 3.05) is 23.7 Å². The molecule has 3 N–H and O–H groups in total. The fraction of sp³-hybridized carbons (Fsp3) is 0.474. The summed E-state index contributed by atoms with van der Waals surface area (Å²) in [7, 11) is 0. The quantitative estimate of drug-likeness (QED) is 0.770. The molecule has 2 aliphatic heterocycles. The van der Waals surface area contributed by atoms with Crippen molar-refractivity contribution in [3.8, 4) is 0 Å². The lowest BCUT2D eigenvalue weighted by Gasteiger charge is -2.31. The van der Waals surface area contributed by atoms with Gasteiger partial charge >= 0.3 is 0 Å². The molecule has 1 amide bonds. The van der Waals surface area contributed by atoms with E-state index >= 15 is 0 Å². The Bertz CT molecular complexity index is 811. The minimum Gasteiger partial charge on any atom is -0.348 e. The van der Waals surface area contributed by atoms with E-state index in [0.29, 0.717) is 6.04 Å². The van der Waals surface area contributed by atoms with Crippen LogP contribution in [0.4, 0.5) is 5.69 Å². The summed E-state index contributed by atoms with van der Waals surface area (Å²) in [5.41, 5.74) is 1.96. The monoisotopic (exact) mass is 371 g/mol. The number of pyridine rings is 1. The van der Waals surface area contributed by atoms with Gasteiger partial charge in [0, 0.05) is 48.4 Å². The summed E-state index contributed by atoms with van der Waals surface area (Å²) in [6.07, 6.45) is 9.27. The first-order chi connectivity index (χ1) is 12.7. The molecule has 0 radical (unpaired) electrons. The molecule has 138 valence electrons. The van der Waals surface area contributed by atoms with E-state index in [2.05, 4.69) is 32.4 Å². The second kappa shape index (κ2) is 7.72. The highest BCUT2D eigenvalue weighted by Gasteiger charge is 2.24. The first-order valence-electron chi connectivity index (χ1n) is 9.30. The number of rotatable bonds is 4. The number of hydrogen-bond donors (Lipinski definition) is 3. The average Bonchev–Trinajstić information content (AvgIpc) is 3.17. The average molecular weight is 372 g/mol. The summed E-state index contributed by atoms with van der Waals surface area (Å²) in [4.78, 5) is 23.2. The molecule has 1 fully saturated rings. The van der Waals surface area contributed by atoms with Crippen LogP contribution in [0.1, 0.15) is 26.2 Å². The van der Waals surface area contributed by atoms with Crippen LogP contribution in [0.3, 0.4) is 0 Å². The Balaban J connectivity index is 1.49. The van der Waals surface area contributed by atoms with Crippen LogP contribution >= 0.6 is 11.8 Å². The topological polar surface area (TPSA) is 73.0 Å². The number of aromatic amines is 1. The maximum atomic E-state index is 12.8. The summed E-state index contributed by atoms with van der Waals surface area (Å²) in [6.45, 7) is 4.02. The van der Waals surface area contributed by atoms with Gasteiger partial charge in [-0.25, -0.2) is 4.98 Å². The number of nitrogens with one attached hydrogen (secondary N) is 3. The molecule has 2 aromatic rings. The Hall–Kier alpha value is -1.99. The van der Waals surface area contributed by atoms with Crippen LogP contribution in [0.25, 0.3) is 11.0 Å². The van der Waals surface area contributed by atoms with Crippen molar-refractivity contribution < 1.29 is 4.79 Å². The van der Waals surface area contributed by atoms with Crippen LogP contribution in [-0.2, 0) is 4.79 Å². The van der Waals surface area contributed by atoms with Gasteiger partial charge < -0.3 is 20.5 Å². The van der Waals surface area contributed by atoms with E-state index < -0.39 is 0 Å². The maximum Gasteiger partial charge on any atom is 0.259 e. The number of thioether (sulfide) groups is 1. The van der Waals surface area contributed by atoms with Crippen LogP contribution in [0, 0.1) is 0 Å². The van der Waals surface area contributed by atoms with Crippen molar-refractivity contribution in [2.24, 2.45) is 0 Å². The number of anilines is 1. The van der Waals surface area contributed by atoms with Gasteiger partial charge in [-0.15, -0.1) is 11.8 Å². The summed E-state index contributed by atoms with van der Waals surface area (Å²) in [5, 5.41) is 7.78. The molecule has 0 aliphatic carbocycles. The Labute approximate surface area is 157 Å². The molecule has 2 aromatic heterocycles. The van der Waals surface area contributed by atoms with Crippen LogP contribution in [0.2, 0.25) is 0 Å². The number of amides is 1. The van der Waals surface area contributed by atoms with Gasteiger partial charge in [-0.05, 0) is 38.4 Å². The number of piperidine rings is 1. The lowest BCUT2D eigenvalue weighted by molar-refractivity contribution is -0.117. The molecule has 7 heteroatoms. The third-order valence-electron chi connectivity index (χ3n) is 5.14. The Kier molecular flexibility index (Phi) is 5.17. The smallest absolute Gasteiger partial charge is 0.259 e. The minimum absolute atomic E-state index is 0.0268. The number of carbonyl (C=O) groups is 1. The van der Waals surface area contributed by atoms with E-state index in [4.69, 9.17) is 0 Å². The van der Waals surface area contributed by atoms with E-state index in [9.17, 15) is 4.79 Å². The minimum atomic E-state index is 0.0268. The molecule has 26 heavy (non-hydrogen) atoms. The lowest BCUT2D eigenvalue weighted by Crippen LogP contribution is -2.50. The van der Waals surface area contributed by atoms with Gasteiger partial charge in [0.15, 0.2) is 0 Å². The SMILES string of the molecule is CC(NC(=O)C1=CN(c2ccnc3[nH]ccc23)CCS1)[C@@H]1CCCCN1. The standard InChI is InChI=1S/C19H25N5OS/c1-13(15-4-2-3-7-20-15)23-19(25)17-12-24(10-11-26-17)16-6-9-22-18-14(16)5-8-21-18/h5-6,8-9,12-13,15,20H,2-4,7,10-11H2,1H3,(H,21,22)(H,23,25)/t13?,15-/m0/s1. The summed E-state index contributed by atoms with van der Waals surface area (Å²) in [6, 6.07) is 4.55. The fourth-order valence-corrected chi connectivity index (χ4v) is 4.59. The number of nitrogens with zero attached hydrogens (tertiary/aromatic N) is 2. The van der Waals surface area contributed by atoms with Gasteiger partial charge in [0.2, 0.25) is 0 Å². The molecule has 2 aliphatic rings. The highest BCUT2D eigenvalue weighted by atomic mass is 32.2. The highest BCUT2D eigenvalue weighted by Crippen LogP contribution is 2.30. The van der Waals surface area contributed by atoms with E-state index in [0.717, 1.165) is 46.9 Å². The Morgan fingerprint density at radius 2 is 2.35 bits per heavy atom. The number of aromatic nitrogens is 2. The Morgan fingerprint density at radius 3 is 3.19 bits per heavy atom. The lowest BCUT2D eigenvalue weighted by atomic mass is 9.99. The van der Waals surface area contributed by atoms with Gasteiger partial charge in [0.05, 0.1) is 10.6 Å². The molecule has 4 heterocycles. The van der Waals surface area contributed by atoms with Gasteiger partial charge in [-0.2, -0.15) is 0 Å². The molecular formula is C19H25N5OS. The van der Waals surface area contributed by atoms with Crippen molar-refractivity contribution in [3.05, 3.63) is 35.6 Å². The van der Waals surface area contributed by atoms with Gasteiger partial charge in [-0.3, -0.25) is 4.79 Å². The van der Waals surface area contributed by atoms with Gasteiger partial charge in [0.25, 0.3) is 5.91 Å². The summed E-state index contributed by atoms with van der Waals surface area (Å²) < 4.78 is 0. The molecular weight excluding hydrogens is 346 g/mol. The molecule has 1 saturated heterocycles. The predicted octanol–water partition coefficient (Wildman–Crippen LogP) is 2.60. The van der Waals surface area contributed by atoms with Crippen molar-refractivity contribution >= 4 is 34.4 Å². The number of carbonyl (C=O) groups excluding carboxylic acids is 1. The molecule has 1 unspecified atom stereocenters. The van der Waals surface area contributed by atoms with E-state index in [1.807, 2.05) is 24.5 Å². The zero-order chi connectivity index (χ0) is 17.9. The molecule has 0 spiro atoms. The molecule has 2 atom stereocenters. The van der Waals surface area contributed by atoms with Crippen molar-refractivity contribution in [1.29, 1.82) is 0 Å². The third-order valence-corrected chi connectivity index (χ3v) is 6.13. The van der Waals surface area contributed by atoms with Crippen molar-refractivity contribution in [1.82, 2.24) is 20.6 Å². The third kappa shape index (κ3) is 3.59. The normalized spacial score (nSPS) is 22.1. The number of fused-ring (bicyclic) bond motifs is 1. The summed E-state index contributed by atoms with van der Waals surface area (Å²) in [5.74, 6) is 0.919. The molecule has 4 rings (SSSR count). The van der Waals surface area contributed by atoms with Crippen LogP contribution in [-0.4, -0.2) is 46.8 Å². The zero-order valence-corrected chi connectivity index (χ0v) is 15.8. The zero-order valence-electron chi connectivity index (χ0n) is 15.0. The highest BCUT2D eigenvalue weighted by molar-refractivity contribution is 8.04. The first-order valence-corrected chi connectivity index (χ1v) is 10.3. The second-order valence-corrected chi connectivity index (χ2v) is 8.06. The van der Waals surface area contributed by atoms with Gasteiger partial charge in [0.1, 0.15) is 5.65 Å². The fourth-order valence-electron chi connectivity index (χ4n) is 3.69. The van der Waals surface area contributed by atoms with E-state index in [-0.39, 0.29) is 11.9 Å². The predicted molar refractivity (Wildman–Crippen MR) is 107 cm³/mol. The van der Waals surface area contributed by atoms with E-state index in [1.165, 1.54) is 12.8 Å². The first kappa shape index (κ1) is 17.4. The van der Waals surface area contributed by atoms with Crippen LogP contribution < -0.4 is 15.5 Å². The number of H-pyrrole nitrogens is 1. The largest absolute Gasteiger partial charge is 0.348 e. The maximum absolute atomic E-state index is 12.8. The molecule has 6 nitrogen and oxygen atoms in total. The van der Waals surface area contributed by atoms with Crippen molar-refractivity contribution in [3.63, 3.8) is 0 Å². The molecule has 0 bridgehead atoms. The van der Waals surface area contributed by atoms with Gasteiger partial charge in [-0.1, -0.05) is 6.42 Å². The summed E-state index contributed by atoms with van der Waals surface area (Å²) >= 11 is 1.63. The van der Waals surface area contributed by atoms with Crippen LogP contribution in [0.15, 0.2) is 35.6 Å². The van der Waals surface area contributed by atoms with E-state index in [1.54, 1.807) is 18.0 Å². The number of hydrogen-bond acceptors (Lipinski definition) is 5.